The molecule has 1 fully saturated rings. The fourth-order valence-corrected chi connectivity index (χ4v) is 3.32. The van der Waals surface area contributed by atoms with Gasteiger partial charge in [0, 0.05) is 30.1 Å². The third-order valence-corrected chi connectivity index (χ3v) is 4.66. The number of benzene rings is 1. The number of rotatable bonds is 4. The molecule has 1 aromatic carbocycles. The van der Waals surface area contributed by atoms with Crippen LogP contribution in [-0.2, 0) is 9.59 Å². The standard InChI is InChI=1S/C16H22N2O2S/c1-12-5-3-4-10-18(12)16(20)11-21-15-8-6-14(7-9-15)17-13(2)19/h6-9,12H,3-5,10-11H2,1-2H3,(H,17,19)/t12-/m0/s1. The third kappa shape index (κ3) is 4.77. The molecule has 5 heteroatoms. The zero-order chi connectivity index (χ0) is 15.2. The molecule has 114 valence electrons. The molecular weight excluding hydrogens is 284 g/mol. The summed E-state index contributed by atoms with van der Waals surface area (Å²) >= 11 is 1.55. The number of hydrogen-bond donors (Lipinski definition) is 1. The normalized spacial score (nSPS) is 18.4. The minimum atomic E-state index is -0.0790. The first-order valence-electron chi connectivity index (χ1n) is 7.36. The Kier molecular flexibility index (Phi) is 5.67. The number of amides is 2. The van der Waals surface area contributed by atoms with E-state index in [2.05, 4.69) is 12.2 Å². The van der Waals surface area contributed by atoms with Crippen LogP contribution in [0.5, 0.6) is 0 Å². The van der Waals surface area contributed by atoms with E-state index in [1.165, 1.54) is 13.3 Å². The van der Waals surface area contributed by atoms with Crippen molar-refractivity contribution in [3.05, 3.63) is 24.3 Å². The van der Waals surface area contributed by atoms with Crippen LogP contribution in [0.3, 0.4) is 0 Å². The fraction of sp³-hybridized carbons (Fsp3) is 0.500. The number of likely N-dealkylation sites (tertiary alicyclic amines) is 1. The summed E-state index contributed by atoms with van der Waals surface area (Å²) in [5.74, 6) is 0.618. The van der Waals surface area contributed by atoms with Gasteiger partial charge in [0.05, 0.1) is 5.75 Å². The van der Waals surface area contributed by atoms with Crippen LogP contribution in [0.2, 0.25) is 0 Å². The van der Waals surface area contributed by atoms with Crippen LogP contribution in [0.1, 0.15) is 33.1 Å². The van der Waals surface area contributed by atoms with Gasteiger partial charge < -0.3 is 10.2 Å². The van der Waals surface area contributed by atoms with Gasteiger partial charge in [-0.25, -0.2) is 0 Å². The van der Waals surface area contributed by atoms with Crippen molar-refractivity contribution in [2.45, 2.75) is 44.0 Å². The Labute approximate surface area is 130 Å². The molecule has 1 heterocycles. The predicted molar refractivity (Wildman–Crippen MR) is 86.5 cm³/mol. The minimum absolute atomic E-state index is 0.0790. The number of carbonyl (C=O) groups is 2. The van der Waals surface area contributed by atoms with Crippen LogP contribution in [0.15, 0.2) is 29.2 Å². The zero-order valence-electron chi connectivity index (χ0n) is 12.6. The molecule has 21 heavy (non-hydrogen) atoms. The lowest BCUT2D eigenvalue weighted by Crippen LogP contribution is -2.42. The number of nitrogens with zero attached hydrogens (tertiary/aromatic N) is 1. The van der Waals surface area contributed by atoms with Crippen molar-refractivity contribution in [2.24, 2.45) is 0 Å². The van der Waals surface area contributed by atoms with Crippen LogP contribution in [0.25, 0.3) is 0 Å². The molecule has 1 N–H and O–H groups in total. The van der Waals surface area contributed by atoms with E-state index in [-0.39, 0.29) is 11.8 Å². The molecule has 1 aliphatic rings. The molecule has 0 radical (unpaired) electrons. The Bertz CT molecular complexity index is 502. The predicted octanol–water partition coefficient (Wildman–Crippen LogP) is 3.14. The number of carbonyl (C=O) groups excluding carboxylic acids is 2. The van der Waals surface area contributed by atoms with Crippen molar-refractivity contribution in [1.29, 1.82) is 0 Å². The Morgan fingerprint density at radius 1 is 1.29 bits per heavy atom. The van der Waals surface area contributed by atoms with Gasteiger partial charge in [-0.15, -0.1) is 11.8 Å². The largest absolute Gasteiger partial charge is 0.339 e. The first-order chi connectivity index (χ1) is 10.1. The van der Waals surface area contributed by atoms with Crippen molar-refractivity contribution in [3.63, 3.8) is 0 Å². The maximum Gasteiger partial charge on any atom is 0.233 e. The molecule has 1 aliphatic heterocycles. The summed E-state index contributed by atoms with van der Waals surface area (Å²) in [7, 11) is 0. The molecule has 4 nitrogen and oxygen atoms in total. The molecule has 0 bridgehead atoms. The monoisotopic (exact) mass is 306 g/mol. The van der Waals surface area contributed by atoms with Gasteiger partial charge in [0.15, 0.2) is 0 Å². The highest BCUT2D eigenvalue weighted by Crippen LogP contribution is 2.23. The van der Waals surface area contributed by atoms with E-state index < -0.39 is 0 Å². The number of hydrogen-bond acceptors (Lipinski definition) is 3. The Balaban J connectivity index is 1.84. The van der Waals surface area contributed by atoms with E-state index in [0.29, 0.717) is 11.8 Å². The highest BCUT2D eigenvalue weighted by Gasteiger charge is 2.22. The summed E-state index contributed by atoms with van der Waals surface area (Å²) in [5.41, 5.74) is 0.780. The van der Waals surface area contributed by atoms with Gasteiger partial charge in [0.2, 0.25) is 11.8 Å². The summed E-state index contributed by atoms with van der Waals surface area (Å²) in [4.78, 5) is 26.2. The average molecular weight is 306 g/mol. The van der Waals surface area contributed by atoms with E-state index in [9.17, 15) is 9.59 Å². The average Bonchev–Trinajstić information content (AvgIpc) is 2.46. The highest BCUT2D eigenvalue weighted by molar-refractivity contribution is 8.00. The molecule has 1 atom stereocenters. The first kappa shape index (κ1) is 15.9. The molecule has 1 saturated heterocycles. The lowest BCUT2D eigenvalue weighted by molar-refractivity contribution is -0.131. The summed E-state index contributed by atoms with van der Waals surface area (Å²) < 4.78 is 0. The SMILES string of the molecule is CC(=O)Nc1ccc(SCC(=O)N2CCCC[C@@H]2C)cc1. The molecular formula is C16H22N2O2S. The van der Waals surface area contributed by atoms with Crippen LogP contribution in [0.4, 0.5) is 5.69 Å². The van der Waals surface area contributed by atoms with Gasteiger partial charge in [-0.1, -0.05) is 0 Å². The summed E-state index contributed by atoms with van der Waals surface area (Å²) in [6.45, 7) is 4.51. The fourth-order valence-electron chi connectivity index (χ4n) is 2.53. The molecule has 2 rings (SSSR count). The maximum absolute atomic E-state index is 12.2. The molecule has 0 saturated carbocycles. The van der Waals surface area contributed by atoms with Gasteiger partial charge in [0.25, 0.3) is 0 Å². The smallest absolute Gasteiger partial charge is 0.233 e. The summed E-state index contributed by atoms with van der Waals surface area (Å²) in [6.07, 6.45) is 3.46. The maximum atomic E-state index is 12.2. The van der Waals surface area contributed by atoms with Gasteiger partial charge in [-0.3, -0.25) is 9.59 Å². The van der Waals surface area contributed by atoms with E-state index in [4.69, 9.17) is 0 Å². The van der Waals surface area contributed by atoms with Crippen LogP contribution in [-0.4, -0.2) is 35.1 Å². The topological polar surface area (TPSA) is 49.4 Å². The zero-order valence-corrected chi connectivity index (χ0v) is 13.4. The molecule has 0 unspecified atom stereocenters. The van der Waals surface area contributed by atoms with Crippen LogP contribution >= 0.6 is 11.8 Å². The van der Waals surface area contributed by atoms with E-state index in [0.717, 1.165) is 30.0 Å². The second kappa shape index (κ2) is 7.50. The Morgan fingerprint density at radius 3 is 2.62 bits per heavy atom. The lowest BCUT2D eigenvalue weighted by Gasteiger charge is -2.33. The second-order valence-corrected chi connectivity index (χ2v) is 6.47. The Morgan fingerprint density at radius 2 is 2.00 bits per heavy atom. The van der Waals surface area contributed by atoms with E-state index in [1.54, 1.807) is 11.8 Å². The quantitative estimate of drug-likeness (QED) is 0.869. The van der Waals surface area contributed by atoms with Crippen molar-refractivity contribution >= 4 is 29.3 Å². The Hall–Kier alpha value is -1.49. The van der Waals surface area contributed by atoms with Crippen molar-refractivity contribution in [2.75, 3.05) is 17.6 Å². The first-order valence-corrected chi connectivity index (χ1v) is 8.35. The molecule has 0 spiro atoms. The number of piperidine rings is 1. The van der Waals surface area contributed by atoms with Gasteiger partial charge in [-0.05, 0) is 50.5 Å². The molecule has 1 aromatic rings. The second-order valence-electron chi connectivity index (χ2n) is 5.43. The van der Waals surface area contributed by atoms with Crippen molar-refractivity contribution in [3.8, 4) is 0 Å². The van der Waals surface area contributed by atoms with Crippen LogP contribution < -0.4 is 5.32 Å². The van der Waals surface area contributed by atoms with Crippen LogP contribution in [0, 0.1) is 0 Å². The van der Waals surface area contributed by atoms with Crippen molar-refractivity contribution in [1.82, 2.24) is 4.90 Å². The number of thioether (sulfide) groups is 1. The van der Waals surface area contributed by atoms with Gasteiger partial charge in [0.1, 0.15) is 0 Å². The number of nitrogens with one attached hydrogen (secondary N) is 1. The summed E-state index contributed by atoms with van der Waals surface area (Å²) in [5, 5.41) is 2.73. The van der Waals surface area contributed by atoms with Gasteiger partial charge >= 0.3 is 0 Å². The van der Waals surface area contributed by atoms with E-state index in [1.807, 2.05) is 29.2 Å². The number of anilines is 1. The highest BCUT2D eigenvalue weighted by atomic mass is 32.2. The minimum Gasteiger partial charge on any atom is -0.339 e. The van der Waals surface area contributed by atoms with Gasteiger partial charge in [-0.2, -0.15) is 0 Å². The molecule has 2 amide bonds. The molecule has 0 aromatic heterocycles. The third-order valence-electron chi connectivity index (χ3n) is 3.66. The lowest BCUT2D eigenvalue weighted by atomic mass is 10.0. The summed E-state index contributed by atoms with van der Waals surface area (Å²) in [6, 6.07) is 7.95. The van der Waals surface area contributed by atoms with Crippen molar-refractivity contribution < 1.29 is 9.59 Å². The molecule has 0 aliphatic carbocycles. The van der Waals surface area contributed by atoms with E-state index >= 15 is 0 Å².